The quantitative estimate of drug-likeness (QED) is 0.817. The lowest BCUT2D eigenvalue weighted by molar-refractivity contribution is -0.116. The molecule has 0 saturated carbocycles. The van der Waals surface area contributed by atoms with Crippen molar-refractivity contribution in [3.63, 3.8) is 0 Å². The number of nitrogens with one attached hydrogen (secondary N) is 1. The molecule has 0 aromatic heterocycles. The molecule has 0 heterocycles. The molecule has 0 unspecified atom stereocenters. The molecule has 7 heteroatoms. The highest BCUT2D eigenvalue weighted by molar-refractivity contribution is 7.89. The molecule has 0 radical (unpaired) electrons. The highest BCUT2D eigenvalue weighted by atomic mass is 32.2. The van der Waals surface area contributed by atoms with E-state index in [1.165, 1.54) is 26.2 Å². The molecular formula is C12H15FN2O3S. The Kier molecular flexibility index (Phi) is 4.79. The van der Waals surface area contributed by atoms with Gasteiger partial charge in [-0.25, -0.2) is 17.1 Å². The fraction of sp³-hybridized carbons (Fsp3) is 0.250. The topological polar surface area (TPSA) is 66.5 Å². The van der Waals surface area contributed by atoms with E-state index in [0.717, 1.165) is 16.4 Å². The molecule has 19 heavy (non-hydrogen) atoms. The Labute approximate surface area is 111 Å². The van der Waals surface area contributed by atoms with Crippen LogP contribution in [0.15, 0.2) is 35.7 Å². The second-order valence-corrected chi connectivity index (χ2v) is 6.05. The number of carbonyl (C=O) groups excluding carboxylic acids is 1. The first kappa shape index (κ1) is 15.3. The van der Waals surface area contributed by atoms with Crippen LogP contribution in [0.25, 0.3) is 0 Å². The Hall–Kier alpha value is -1.73. The zero-order valence-electron chi connectivity index (χ0n) is 10.7. The Bertz CT molecular complexity index is 597. The van der Waals surface area contributed by atoms with Crippen LogP contribution in [0.4, 0.5) is 4.39 Å². The molecule has 1 rings (SSSR count). The minimum Gasteiger partial charge on any atom is -0.348 e. The number of halogens is 1. The van der Waals surface area contributed by atoms with E-state index < -0.39 is 21.7 Å². The molecule has 0 atom stereocenters. The van der Waals surface area contributed by atoms with Crippen molar-refractivity contribution in [2.24, 2.45) is 0 Å². The van der Waals surface area contributed by atoms with E-state index in [1.807, 2.05) is 0 Å². The summed E-state index contributed by atoms with van der Waals surface area (Å²) in [7, 11) is -1.06. The zero-order chi connectivity index (χ0) is 14.6. The van der Waals surface area contributed by atoms with Crippen molar-refractivity contribution in [2.75, 3.05) is 14.1 Å². The molecule has 5 nitrogen and oxygen atoms in total. The minimum absolute atomic E-state index is 0.0774. The largest absolute Gasteiger partial charge is 0.348 e. The number of rotatable bonds is 5. The number of hydrogen-bond donors (Lipinski definition) is 1. The number of benzene rings is 1. The van der Waals surface area contributed by atoms with Crippen molar-refractivity contribution >= 4 is 15.9 Å². The molecule has 1 aromatic carbocycles. The molecule has 104 valence electrons. The van der Waals surface area contributed by atoms with E-state index in [1.54, 1.807) is 0 Å². The van der Waals surface area contributed by atoms with Gasteiger partial charge in [-0.15, -0.1) is 0 Å². The van der Waals surface area contributed by atoms with Crippen LogP contribution in [-0.4, -0.2) is 32.7 Å². The van der Waals surface area contributed by atoms with Crippen molar-refractivity contribution in [3.05, 3.63) is 42.2 Å². The van der Waals surface area contributed by atoms with Gasteiger partial charge in [-0.3, -0.25) is 4.79 Å². The van der Waals surface area contributed by atoms with Crippen molar-refractivity contribution in [1.29, 1.82) is 0 Å². The molecule has 0 spiro atoms. The van der Waals surface area contributed by atoms with Gasteiger partial charge in [0.1, 0.15) is 5.82 Å². The molecule has 0 aliphatic carbocycles. The third-order valence-electron chi connectivity index (χ3n) is 2.46. The van der Waals surface area contributed by atoms with Gasteiger partial charge in [-0.2, -0.15) is 0 Å². The van der Waals surface area contributed by atoms with Crippen LogP contribution in [0.2, 0.25) is 0 Å². The Morgan fingerprint density at radius 2 is 2.11 bits per heavy atom. The van der Waals surface area contributed by atoms with E-state index in [2.05, 4.69) is 11.9 Å². The number of amides is 1. The average Bonchev–Trinajstić information content (AvgIpc) is 2.36. The lowest BCUT2D eigenvalue weighted by Gasteiger charge is -2.15. The summed E-state index contributed by atoms with van der Waals surface area (Å²) in [6.45, 7) is 3.04. The van der Waals surface area contributed by atoms with E-state index in [0.29, 0.717) is 0 Å². The third-order valence-corrected chi connectivity index (χ3v) is 4.36. The average molecular weight is 286 g/mol. The minimum atomic E-state index is -3.77. The fourth-order valence-electron chi connectivity index (χ4n) is 1.40. The maximum Gasteiger partial charge on any atom is 0.243 e. The van der Waals surface area contributed by atoms with Gasteiger partial charge < -0.3 is 5.32 Å². The van der Waals surface area contributed by atoms with Crippen LogP contribution in [-0.2, 0) is 21.4 Å². The lowest BCUT2D eigenvalue weighted by atomic mass is 10.2. The predicted octanol–water partition coefficient (Wildman–Crippen LogP) is 0.878. The number of sulfonamides is 1. The Morgan fingerprint density at radius 1 is 1.47 bits per heavy atom. The summed E-state index contributed by atoms with van der Waals surface area (Å²) in [6, 6.07) is 3.75. The number of hydrogen-bond acceptors (Lipinski definition) is 3. The molecule has 0 bridgehead atoms. The molecule has 0 aliphatic heterocycles. The number of nitrogens with zero attached hydrogens (tertiary/aromatic N) is 1. The summed E-state index contributed by atoms with van der Waals surface area (Å²) in [6.07, 6.45) is 1.03. The van der Waals surface area contributed by atoms with Crippen molar-refractivity contribution < 1.29 is 17.6 Å². The highest BCUT2D eigenvalue weighted by Crippen LogP contribution is 2.21. The monoisotopic (exact) mass is 286 g/mol. The van der Waals surface area contributed by atoms with Crippen LogP contribution in [0.3, 0.4) is 0 Å². The summed E-state index contributed by atoms with van der Waals surface area (Å²) in [5, 5.41) is 2.36. The van der Waals surface area contributed by atoms with Crippen LogP contribution in [0, 0.1) is 5.82 Å². The smallest absolute Gasteiger partial charge is 0.243 e. The van der Waals surface area contributed by atoms with Gasteiger partial charge in [-0.05, 0) is 18.2 Å². The summed E-state index contributed by atoms with van der Waals surface area (Å²) in [5.41, 5.74) is -0.0774. The van der Waals surface area contributed by atoms with Crippen molar-refractivity contribution in [3.8, 4) is 0 Å². The van der Waals surface area contributed by atoms with Gasteiger partial charge in [0.2, 0.25) is 15.9 Å². The normalized spacial score (nSPS) is 11.4. The maximum absolute atomic E-state index is 13.7. The molecule has 0 aliphatic rings. The van der Waals surface area contributed by atoms with Crippen molar-refractivity contribution in [2.45, 2.75) is 11.4 Å². The second-order valence-electron chi connectivity index (χ2n) is 3.93. The van der Waals surface area contributed by atoms with E-state index in [4.69, 9.17) is 0 Å². The first-order valence-electron chi connectivity index (χ1n) is 5.41. The van der Waals surface area contributed by atoms with Crippen molar-refractivity contribution in [1.82, 2.24) is 9.62 Å². The summed E-state index contributed by atoms with van der Waals surface area (Å²) >= 11 is 0. The summed E-state index contributed by atoms with van der Waals surface area (Å²) in [5.74, 6) is -1.19. The standard InChI is InChI=1S/C12H15FN2O3S/c1-4-12(16)14-8-9-10(13)6-5-7-11(9)19(17,18)15(2)3/h4-7H,1,8H2,2-3H3,(H,14,16). The van der Waals surface area contributed by atoms with E-state index in [9.17, 15) is 17.6 Å². The first-order chi connectivity index (χ1) is 8.80. The van der Waals surface area contributed by atoms with Crippen LogP contribution in [0.5, 0.6) is 0 Å². The summed E-state index contributed by atoms with van der Waals surface area (Å²) in [4.78, 5) is 10.9. The van der Waals surface area contributed by atoms with E-state index >= 15 is 0 Å². The predicted molar refractivity (Wildman–Crippen MR) is 69.3 cm³/mol. The van der Waals surface area contributed by atoms with Gasteiger partial charge in [-0.1, -0.05) is 12.6 Å². The maximum atomic E-state index is 13.7. The van der Waals surface area contributed by atoms with E-state index in [-0.39, 0.29) is 17.0 Å². The molecule has 0 fully saturated rings. The van der Waals surface area contributed by atoms with Gasteiger partial charge in [0.25, 0.3) is 0 Å². The zero-order valence-corrected chi connectivity index (χ0v) is 11.5. The highest BCUT2D eigenvalue weighted by Gasteiger charge is 2.23. The molecule has 1 N–H and O–H groups in total. The SMILES string of the molecule is C=CC(=O)NCc1c(F)cccc1S(=O)(=O)N(C)C. The van der Waals surface area contributed by atoms with Gasteiger partial charge in [0, 0.05) is 26.2 Å². The number of carbonyl (C=O) groups is 1. The molecular weight excluding hydrogens is 271 g/mol. The Balaban J connectivity index is 3.24. The van der Waals surface area contributed by atoms with Gasteiger partial charge in [0.15, 0.2) is 0 Å². The van der Waals surface area contributed by atoms with Crippen LogP contribution >= 0.6 is 0 Å². The summed E-state index contributed by atoms with van der Waals surface area (Å²) < 4.78 is 38.8. The molecule has 0 saturated heterocycles. The van der Waals surface area contributed by atoms with Crippen LogP contribution < -0.4 is 5.32 Å². The molecule has 1 amide bonds. The Morgan fingerprint density at radius 3 is 2.63 bits per heavy atom. The second kappa shape index (κ2) is 5.94. The van der Waals surface area contributed by atoms with Crippen LogP contribution in [0.1, 0.15) is 5.56 Å². The first-order valence-corrected chi connectivity index (χ1v) is 6.85. The van der Waals surface area contributed by atoms with Gasteiger partial charge in [0.05, 0.1) is 4.90 Å². The van der Waals surface area contributed by atoms with Gasteiger partial charge >= 0.3 is 0 Å². The lowest BCUT2D eigenvalue weighted by Crippen LogP contribution is -2.27. The fourth-order valence-corrected chi connectivity index (χ4v) is 2.52. The molecule has 1 aromatic rings. The third kappa shape index (κ3) is 3.39.